The molecule has 10 aromatic rings. The first-order chi connectivity index (χ1) is 29.6. The van der Waals surface area contributed by atoms with E-state index in [1.807, 2.05) is 48.5 Å². The Balaban J connectivity index is 0.971. The third kappa shape index (κ3) is 5.34. The highest BCUT2D eigenvalue weighted by Crippen LogP contribution is 2.61. The molecule has 288 valence electrons. The van der Waals surface area contributed by atoms with Gasteiger partial charge in [0, 0.05) is 43.9 Å². The second kappa shape index (κ2) is 13.1. The molecule has 3 heterocycles. The Morgan fingerprint density at radius 3 is 1.78 bits per heavy atom. The third-order valence-corrected chi connectivity index (χ3v) is 14.2. The van der Waals surface area contributed by atoms with E-state index in [1.54, 1.807) is 5.56 Å². The molecule has 0 aliphatic heterocycles. The molecule has 0 saturated heterocycles. The van der Waals surface area contributed by atoms with E-state index in [4.69, 9.17) is 19.4 Å². The molecule has 60 heavy (non-hydrogen) atoms. The molecule has 7 aromatic carbocycles. The van der Waals surface area contributed by atoms with Gasteiger partial charge in [-0.15, -0.1) is 0 Å². The first-order valence-corrected chi connectivity index (χ1v) is 21.6. The molecule has 4 fully saturated rings. The first kappa shape index (κ1) is 34.1. The predicted octanol–water partition coefficient (Wildman–Crippen LogP) is 14.0. The Kier molecular flexibility index (Phi) is 7.42. The molecule has 0 atom stereocenters. The van der Waals surface area contributed by atoms with Crippen LogP contribution in [-0.4, -0.2) is 19.5 Å². The lowest BCUT2D eigenvalue weighted by Crippen LogP contribution is -2.48. The van der Waals surface area contributed by atoms with Crippen LogP contribution in [0.5, 0.6) is 0 Å². The molecule has 3 aromatic heterocycles. The van der Waals surface area contributed by atoms with Crippen molar-refractivity contribution in [2.24, 2.45) is 17.8 Å². The second-order valence-corrected chi connectivity index (χ2v) is 17.9. The van der Waals surface area contributed by atoms with Crippen LogP contribution in [0.1, 0.15) is 44.1 Å². The van der Waals surface area contributed by atoms with Gasteiger partial charge in [0.2, 0.25) is 0 Å². The smallest absolute Gasteiger partial charge is 0.164 e. The maximum atomic E-state index is 6.17. The molecule has 4 bridgehead atoms. The highest BCUT2D eigenvalue weighted by atomic mass is 16.3. The number of aromatic nitrogens is 4. The molecule has 0 spiro atoms. The van der Waals surface area contributed by atoms with Crippen molar-refractivity contribution in [3.05, 3.63) is 169 Å². The molecule has 0 radical (unpaired) electrons. The molecule has 0 N–H and O–H groups in total. The van der Waals surface area contributed by atoms with E-state index in [1.165, 1.54) is 65.9 Å². The highest BCUT2D eigenvalue weighted by Gasteiger charge is 2.51. The van der Waals surface area contributed by atoms with Crippen LogP contribution in [0.15, 0.2) is 168 Å². The van der Waals surface area contributed by atoms with Gasteiger partial charge >= 0.3 is 0 Å². The van der Waals surface area contributed by atoms with Gasteiger partial charge in [0.1, 0.15) is 11.2 Å². The number of hydrogen-bond donors (Lipinski definition) is 0. The van der Waals surface area contributed by atoms with Gasteiger partial charge in [0.25, 0.3) is 0 Å². The molecule has 0 unspecified atom stereocenters. The fraction of sp³-hybridized carbons (Fsp3) is 0.182. The maximum Gasteiger partial charge on any atom is 0.164 e. The highest BCUT2D eigenvalue weighted by molar-refractivity contribution is 6.16. The Hall–Kier alpha value is -6.85. The lowest BCUT2D eigenvalue weighted by molar-refractivity contribution is -0.00518. The van der Waals surface area contributed by atoms with Crippen molar-refractivity contribution in [2.45, 2.75) is 43.9 Å². The van der Waals surface area contributed by atoms with Crippen LogP contribution in [0.4, 0.5) is 0 Å². The molecule has 4 aliphatic rings. The van der Waals surface area contributed by atoms with E-state index in [2.05, 4.69) is 120 Å². The lowest BCUT2D eigenvalue weighted by Gasteiger charge is -2.57. The average Bonchev–Trinajstić information content (AvgIpc) is 3.84. The van der Waals surface area contributed by atoms with Gasteiger partial charge in [-0.3, -0.25) is 0 Å². The zero-order chi connectivity index (χ0) is 39.4. The van der Waals surface area contributed by atoms with Gasteiger partial charge in [-0.1, -0.05) is 115 Å². The van der Waals surface area contributed by atoms with Gasteiger partial charge in [-0.2, -0.15) is 0 Å². The number of furan rings is 1. The lowest BCUT2D eigenvalue weighted by atomic mass is 9.48. The molecule has 4 aliphatic carbocycles. The van der Waals surface area contributed by atoms with Gasteiger partial charge in [0.05, 0.1) is 11.0 Å². The van der Waals surface area contributed by atoms with E-state index < -0.39 is 0 Å². The predicted molar refractivity (Wildman–Crippen MR) is 243 cm³/mol. The first-order valence-electron chi connectivity index (χ1n) is 21.6. The zero-order valence-electron chi connectivity index (χ0n) is 33.3. The molecular formula is C55H42N4O. The van der Waals surface area contributed by atoms with E-state index in [0.717, 1.165) is 67.6 Å². The Bertz CT molecular complexity index is 3250. The van der Waals surface area contributed by atoms with Crippen molar-refractivity contribution in [1.29, 1.82) is 0 Å². The summed E-state index contributed by atoms with van der Waals surface area (Å²) in [4.78, 5) is 15.4. The average molecular weight is 775 g/mol. The van der Waals surface area contributed by atoms with Crippen LogP contribution in [0.25, 0.3) is 94.7 Å². The summed E-state index contributed by atoms with van der Waals surface area (Å²) in [5.41, 5.74) is 12.4. The van der Waals surface area contributed by atoms with Crippen LogP contribution in [0, 0.1) is 17.8 Å². The minimum Gasteiger partial charge on any atom is -0.456 e. The number of benzene rings is 7. The monoisotopic (exact) mass is 774 g/mol. The van der Waals surface area contributed by atoms with E-state index in [-0.39, 0.29) is 0 Å². The SMILES string of the molecule is c1ccc(-c2nc(-c3ccc4oc5ccccc5c4c3)nc(-c3ccc4c5c(-c6ccc(C78CC9CC(CC(C9)C7)C8)cc6)cccc5n(-c5ccccc5)c4c3)n2)cc1. The van der Waals surface area contributed by atoms with E-state index in [0.29, 0.717) is 22.9 Å². The largest absolute Gasteiger partial charge is 0.456 e. The Morgan fingerprint density at radius 2 is 1.05 bits per heavy atom. The molecule has 5 nitrogen and oxygen atoms in total. The van der Waals surface area contributed by atoms with Gasteiger partial charge in [0.15, 0.2) is 17.5 Å². The molecule has 0 amide bonds. The van der Waals surface area contributed by atoms with Crippen LogP contribution in [0.3, 0.4) is 0 Å². The van der Waals surface area contributed by atoms with E-state index >= 15 is 0 Å². The normalized spacial score (nSPS) is 20.8. The summed E-state index contributed by atoms with van der Waals surface area (Å²) < 4.78 is 8.58. The van der Waals surface area contributed by atoms with Crippen LogP contribution < -0.4 is 0 Å². The quantitative estimate of drug-likeness (QED) is 0.169. The standard InChI is InChI=1S/C55H42N4O/c1-3-10-38(11-4-1)52-56-53(39-21-25-50-46(29-39)44-14-7-8-17-49(44)60-50)58-54(57-52)40-20-24-45-48(30-40)59(42-12-5-2-6-13-42)47-16-9-15-43(51(45)47)37-18-22-41(23-19-37)55-31-34-26-35(32-55)28-36(27-34)33-55/h1-25,29-30,34-36H,26-28,31-33H2. The van der Waals surface area contributed by atoms with Crippen molar-refractivity contribution in [1.82, 2.24) is 19.5 Å². The minimum atomic E-state index is 0.384. The third-order valence-electron chi connectivity index (χ3n) is 14.2. The van der Waals surface area contributed by atoms with Crippen molar-refractivity contribution in [3.8, 4) is 51.0 Å². The van der Waals surface area contributed by atoms with Crippen molar-refractivity contribution in [2.75, 3.05) is 0 Å². The van der Waals surface area contributed by atoms with Gasteiger partial charge in [-0.25, -0.2) is 15.0 Å². The summed E-state index contributed by atoms with van der Waals surface area (Å²) in [6, 6.07) is 58.6. The number of fused-ring (bicyclic) bond motifs is 6. The van der Waals surface area contributed by atoms with Crippen molar-refractivity contribution >= 4 is 43.7 Å². The summed E-state index contributed by atoms with van der Waals surface area (Å²) >= 11 is 0. The van der Waals surface area contributed by atoms with E-state index in [9.17, 15) is 0 Å². The molecule has 5 heteroatoms. The summed E-state index contributed by atoms with van der Waals surface area (Å²) in [6.45, 7) is 0. The molecular weight excluding hydrogens is 733 g/mol. The Labute approximate surface area is 348 Å². The van der Waals surface area contributed by atoms with Crippen LogP contribution >= 0.6 is 0 Å². The van der Waals surface area contributed by atoms with Crippen molar-refractivity contribution in [3.63, 3.8) is 0 Å². The van der Waals surface area contributed by atoms with Crippen LogP contribution in [-0.2, 0) is 5.41 Å². The number of hydrogen-bond acceptors (Lipinski definition) is 4. The summed E-state index contributed by atoms with van der Waals surface area (Å²) in [5.74, 6) is 4.67. The second-order valence-electron chi connectivity index (χ2n) is 17.9. The number of rotatable bonds is 6. The maximum absolute atomic E-state index is 6.17. The van der Waals surface area contributed by atoms with Crippen molar-refractivity contribution < 1.29 is 4.42 Å². The minimum absolute atomic E-state index is 0.384. The van der Waals surface area contributed by atoms with Crippen LogP contribution in [0.2, 0.25) is 0 Å². The topological polar surface area (TPSA) is 56.7 Å². The number of para-hydroxylation sites is 2. The fourth-order valence-corrected chi connectivity index (χ4v) is 12.0. The Morgan fingerprint density at radius 1 is 0.450 bits per heavy atom. The van der Waals surface area contributed by atoms with Gasteiger partial charge in [-0.05, 0) is 127 Å². The zero-order valence-corrected chi connectivity index (χ0v) is 33.3. The summed E-state index contributed by atoms with van der Waals surface area (Å²) in [5, 5.41) is 4.57. The molecule has 14 rings (SSSR count). The fourth-order valence-electron chi connectivity index (χ4n) is 12.0. The summed E-state index contributed by atoms with van der Waals surface area (Å²) in [6.07, 6.45) is 8.55. The molecule has 4 saturated carbocycles. The van der Waals surface area contributed by atoms with Gasteiger partial charge < -0.3 is 8.98 Å². The summed E-state index contributed by atoms with van der Waals surface area (Å²) in [7, 11) is 0. The number of nitrogens with zero attached hydrogens (tertiary/aromatic N) is 4.